The van der Waals surface area contributed by atoms with Crippen molar-refractivity contribution in [1.82, 2.24) is 5.27 Å². The third-order valence-electron chi connectivity index (χ3n) is 3.09. The Hall–Kier alpha value is -1.84. The largest absolute Gasteiger partial charge is 0.377 e. The van der Waals surface area contributed by atoms with Crippen molar-refractivity contribution in [2.24, 2.45) is 0 Å². The summed E-state index contributed by atoms with van der Waals surface area (Å²) in [6, 6.07) is 5.84. The Morgan fingerprint density at radius 1 is 1.23 bits per heavy atom. The summed E-state index contributed by atoms with van der Waals surface area (Å²) in [6.07, 6.45) is 1.47. The first-order valence-electron chi connectivity index (χ1n) is 6.55. The maximum atomic E-state index is 12.2. The third-order valence-corrected chi connectivity index (χ3v) is 4.71. The summed E-state index contributed by atoms with van der Waals surface area (Å²) in [4.78, 5) is 1.55. The van der Waals surface area contributed by atoms with Gasteiger partial charge in [-0.15, -0.1) is 5.01 Å². The summed E-state index contributed by atoms with van der Waals surface area (Å²) < 4.78 is 37.0. The van der Waals surface area contributed by atoms with Gasteiger partial charge in [0.25, 0.3) is 16.2 Å². The van der Waals surface area contributed by atoms with E-state index in [1.54, 1.807) is 0 Å². The molecule has 0 spiro atoms. The van der Waals surface area contributed by atoms with E-state index < -0.39 is 10.0 Å². The Kier molecular flexibility index (Phi) is 4.19. The molecular formula is C12H14ClN4O4S+. The Morgan fingerprint density at radius 2 is 1.91 bits per heavy atom. The van der Waals surface area contributed by atoms with E-state index >= 15 is 0 Å². The minimum absolute atomic E-state index is 0.0291. The van der Waals surface area contributed by atoms with E-state index in [2.05, 4.69) is 9.99 Å². The lowest BCUT2D eigenvalue weighted by atomic mass is 10.4. The van der Waals surface area contributed by atoms with Crippen molar-refractivity contribution in [3.05, 3.63) is 35.5 Å². The van der Waals surface area contributed by atoms with Crippen molar-refractivity contribution in [1.29, 1.82) is 0 Å². The number of hydrogen-bond donors (Lipinski definition) is 1. The number of benzene rings is 1. The van der Waals surface area contributed by atoms with Crippen LogP contribution in [0.4, 0.5) is 5.88 Å². The second kappa shape index (κ2) is 6.11. The second-order valence-electron chi connectivity index (χ2n) is 4.61. The quantitative estimate of drug-likeness (QED) is 0.806. The summed E-state index contributed by atoms with van der Waals surface area (Å²) in [5, 5.41) is 6.14. The number of sulfonamides is 1. The summed E-state index contributed by atoms with van der Waals surface area (Å²) in [5.74, 6) is 0.0291. The van der Waals surface area contributed by atoms with E-state index in [-0.39, 0.29) is 10.8 Å². The average molecular weight is 346 g/mol. The molecule has 1 fully saturated rings. The topological polar surface area (TPSA) is 88.6 Å². The van der Waals surface area contributed by atoms with Crippen LogP contribution >= 0.6 is 11.6 Å². The van der Waals surface area contributed by atoms with Gasteiger partial charge in [0.05, 0.1) is 36.0 Å². The van der Waals surface area contributed by atoms with Crippen LogP contribution in [0, 0.1) is 0 Å². The molecule has 0 radical (unpaired) electrons. The second-order valence-corrected chi connectivity index (χ2v) is 6.73. The predicted molar refractivity (Wildman–Crippen MR) is 77.7 cm³/mol. The molecule has 2 aromatic rings. The van der Waals surface area contributed by atoms with E-state index in [0.29, 0.717) is 31.3 Å². The number of aromatic nitrogens is 2. The first kappa shape index (κ1) is 15.1. The number of hydrogen-bond acceptors (Lipinski definition) is 6. The molecule has 1 aromatic heterocycles. The molecule has 8 nitrogen and oxygen atoms in total. The van der Waals surface area contributed by atoms with Crippen LogP contribution in [-0.4, -0.2) is 40.0 Å². The number of rotatable bonds is 4. The molecule has 0 aliphatic carbocycles. The molecule has 0 unspecified atom stereocenters. The molecule has 0 amide bonds. The van der Waals surface area contributed by atoms with E-state index in [1.807, 2.05) is 5.01 Å². The third kappa shape index (κ3) is 3.32. The molecule has 1 aliphatic rings. The molecular weight excluding hydrogens is 332 g/mol. The molecule has 1 aromatic carbocycles. The van der Waals surface area contributed by atoms with Crippen LogP contribution in [0.2, 0.25) is 5.02 Å². The van der Waals surface area contributed by atoms with Crippen LogP contribution in [0.15, 0.2) is 39.9 Å². The lowest BCUT2D eigenvalue weighted by Crippen LogP contribution is -2.62. The van der Waals surface area contributed by atoms with Crippen molar-refractivity contribution in [3.8, 4) is 0 Å². The number of anilines is 1. The van der Waals surface area contributed by atoms with Crippen molar-refractivity contribution in [2.75, 3.05) is 36.0 Å². The first-order valence-corrected chi connectivity index (χ1v) is 8.41. The van der Waals surface area contributed by atoms with Crippen LogP contribution < -0.4 is 14.5 Å². The van der Waals surface area contributed by atoms with E-state index in [4.69, 9.17) is 20.9 Å². The standard InChI is InChI=1S/C12H14ClN4O4S/c13-10-1-3-11(4-2-10)22(18,19)14-12-9-17(15-21-12)16-5-7-20-8-6-16/h1-4,9,14H,5-8H2/q+1. The van der Waals surface area contributed by atoms with Crippen molar-refractivity contribution in [3.63, 3.8) is 0 Å². The Bertz CT molecular complexity index is 741. The molecule has 118 valence electrons. The van der Waals surface area contributed by atoms with Gasteiger partial charge in [0.2, 0.25) is 5.27 Å². The highest BCUT2D eigenvalue weighted by molar-refractivity contribution is 7.92. The SMILES string of the molecule is O=S(=O)(Nc1c[n+](N2CCOCC2)no1)c1ccc(Cl)cc1. The molecule has 2 heterocycles. The molecule has 3 rings (SSSR count). The van der Waals surface area contributed by atoms with Gasteiger partial charge < -0.3 is 4.74 Å². The summed E-state index contributed by atoms with van der Waals surface area (Å²) >= 11 is 5.75. The molecule has 10 heteroatoms. The van der Waals surface area contributed by atoms with Gasteiger partial charge in [0.15, 0.2) is 0 Å². The maximum absolute atomic E-state index is 12.2. The number of ether oxygens (including phenoxy) is 1. The number of nitrogens with one attached hydrogen (secondary N) is 1. The summed E-state index contributed by atoms with van der Waals surface area (Å²) in [5.41, 5.74) is 0. The minimum Gasteiger partial charge on any atom is -0.377 e. The fourth-order valence-electron chi connectivity index (χ4n) is 1.98. The van der Waals surface area contributed by atoms with Gasteiger partial charge in [-0.25, -0.2) is 13.1 Å². The zero-order valence-electron chi connectivity index (χ0n) is 11.5. The zero-order valence-corrected chi connectivity index (χ0v) is 13.0. The van der Waals surface area contributed by atoms with Crippen LogP contribution in [0.1, 0.15) is 0 Å². The van der Waals surface area contributed by atoms with Gasteiger partial charge in [-0.1, -0.05) is 11.6 Å². The van der Waals surface area contributed by atoms with Crippen molar-refractivity contribution in [2.45, 2.75) is 4.90 Å². The number of halogens is 1. The molecule has 0 saturated carbocycles. The average Bonchev–Trinajstić information content (AvgIpc) is 2.96. The smallest absolute Gasteiger partial charge is 0.312 e. The fourth-order valence-corrected chi connectivity index (χ4v) is 3.07. The van der Waals surface area contributed by atoms with Crippen molar-refractivity contribution >= 4 is 27.5 Å². The number of nitrogens with zero attached hydrogens (tertiary/aromatic N) is 3. The van der Waals surface area contributed by atoms with Crippen molar-refractivity contribution < 1.29 is 22.5 Å². The lowest BCUT2D eigenvalue weighted by molar-refractivity contribution is -0.759. The predicted octanol–water partition coefficient (Wildman–Crippen LogP) is 0.385. The van der Waals surface area contributed by atoms with Crippen LogP contribution in [0.25, 0.3) is 0 Å². The van der Waals surface area contributed by atoms with Gasteiger partial charge in [-0.2, -0.15) is 0 Å². The molecule has 0 atom stereocenters. The zero-order chi connectivity index (χ0) is 15.6. The van der Waals surface area contributed by atoms with Crippen LogP contribution in [0.3, 0.4) is 0 Å². The highest BCUT2D eigenvalue weighted by Crippen LogP contribution is 2.17. The fraction of sp³-hybridized carbons (Fsp3) is 0.333. The monoisotopic (exact) mass is 345 g/mol. The van der Waals surface area contributed by atoms with E-state index in [0.717, 1.165) is 0 Å². The first-order chi connectivity index (χ1) is 10.5. The van der Waals surface area contributed by atoms with Crippen LogP contribution in [0.5, 0.6) is 0 Å². The summed E-state index contributed by atoms with van der Waals surface area (Å²) in [6.45, 7) is 2.48. The Balaban J connectivity index is 1.75. The molecule has 1 aliphatic heterocycles. The molecule has 1 saturated heterocycles. The van der Waals surface area contributed by atoms with Gasteiger partial charge >= 0.3 is 5.88 Å². The normalized spacial score (nSPS) is 15.8. The maximum Gasteiger partial charge on any atom is 0.312 e. The van der Waals surface area contributed by atoms with Gasteiger partial charge in [0.1, 0.15) is 0 Å². The van der Waals surface area contributed by atoms with Gasteiger partial charge in [-0.05, 0) is 24.3 Å². The Morgan fingerprint density at radius 3 is 2.59 bits per heavy atom. The van der Waals surface area contributed by atoms with E-state index in [1.165, 1.54) is 35.3 Å². The lowest BCUT2D eigenvalue weighted by Gasteiger charge is -2.18. The Labute approximate surface area is 132 Å². The highest BCUT2D eigenvalue weighted by atomic mass is 35.5. The minimum atomic E-state index is -3.75. The molecule has 22 heavy (non-hydrogen) atoms. The van der Waals surface area contributed by atoms with Gasteiger partial charge in [-0.3, -0.25) is 4.52 Å². The summed E-state index contributed by atoms with van der Waals surface area (Å²) in [7, 11) is -3.75. The molecule has 1 N–H and O–H groups in total. The highest BCUT2D eigenvalue weighted by Gasteiger charge is 2.25. The van der Waals surface area contributed by atoms with Gasteiger partial charge in [0, 0.05) is 5.02 Å². The molecule has 0 bridgehead atoms. The number of morpholine rings is 1. The van der Waals surface area contributed by atoms with E-state index in [9.17, 15) is 8.42 Å². The van der Waals surface area contributed by atoms with Crippen LogP contribution in [-0.2, 0) is 14.8 Å².